The number of carbonyl (C=O) groups is 1. The van der Waals surface area contributed by atoms with Gasteiger partial charge in [-0.25, -0.2) is 4.98 Å². The lowest BCUT2D eigenvalue weighted by atomic mass is 10.0. The van der Waals surface area contributed by atoms with Crippen LogP contribution in [0.5, 0.6) is 11.5 Å². The van der Waals surface area contributed by atoms with Crippen LogP contribution in [0, 0.1) is 18.3 Å². The Morgan fingerprint density at radius 1 is 1.05 bits per heavy atom. The van der Waals surface area contributed by atoms with Crippen molar-refractivity contribution in [1.82, 2.24) is 4.98 Å². The number of amides is 1. The van der Waals surface area contributed by atoms with E-state index in [1.165, 1.54) is 11.3 Å². The van der Waals surface area contributed by atoms with E-state index in [4.69, 9.17) is 37.7 Å². The van der Waals surface area contributed by atoms with Gasteiger partial charge in [-0.1, -0.05) is 47.5 Å². The summed E-state index contributed by atoms with van der Waals surface area (Å²) in [7, 11) is 0. The first-order valence-electron chi connectivity index (χ1n) is 11.5. The summed E-state index contributed by atoms with van der Waals surface area (Å²) in [6.45, 7) is 2.06. The molecule has 0 spiro atoms. The van der Waals surface area contributed by atoms with Gasteiger partial charge in [0.25, 0.3) is 5.91 Å². The minimum atomic E-state index is -0.350. The van der Waals surface area contributed by atoms with Gasteiger partial charge in [0.05, 0.1) is 22.3 Å². The monoisotopic (exact) mass is 557 g/mol. The predicted octanol–water partition coefficient (Wildman–Crippen LogP) is 8.10. The fourth-order valence-electron chi connectivity index (χ4n) is 4.49. The number of carbonyl (C=O) groups excluding carboxylic acids is 1. The SMILES string of the molecule is Cc1sc(NC(=O)c2cc(-c3ccc4c(c3)OCO4)nc3ccccc23)c(C#N)c1-c1ccc(Cl)cc1Cl. The molecule has 186 valence electrons. The molecule has 0 radical (unpaired) electrons. The molecule has 3 heterocycles. The molecule has 0 aliphatic carbocycles. The molecule has 0 bridgehead atoms. The standard InChI is InChI=1S/C29H17Cl2N3O3S/c1-15-27(19-8-7-17(30)11-22(19)31)21(13-32)29(38-15)34-28(35)20-12-24(33-23-5-3-2-4-18(20)23)16-6-9-25-26(10-16)37-14-36-25/h2-12H,14H2,1H3,(H,34,35). The number of ether oxygens (including phenoxy) is 2. The second-order valence-electron chi connectivity index (χ2n) is 8.57. The van der Waals surface area contributed by atoms with Crippen LogP contribution >= 0.6 is 34.5 Å². The van der Waals surface area contributed by atoms with Crippen LogP contribution in [0.15, 0.2) is 66.7 Å². The van der Waals surface area contributed by atoms with E-state index < -0.39 is 0 Å². The highest BCUT2D eigenvalue weighted by Crippen LogP contribution is 2.43. The number of hydrogen-bond acceptors (Lipinski definition) is 6. The number of rotatable bonds is 4. The van der Waals surface area contributed by atoms with Gasteiger partial charge in [-0.15, -0.1) is 11.3 Å². The Kier molecular flexibility index (Phi) is 6.16. The smallest absolute Gasteiger partial charge is 0.257 e. The number of pyridine rings is 1. The summed E-state index contributed by atoms with van der Waals surface area (Å²) in [5.41, 5.74) is 4.21. The molecule has 1 aliphatic heterocycles. The van der Waals surface area contributed by atoms with Gasteiger partial charge in [-0.2, -0.15) is 5.26 Å². The third kappa shape index (κ3) is 4.23. The lowest BCUT2D eigenvalue weighted by molar-refractivity contribution is 0.102. The van der Waals surface area contributed by atoms with Crippen molar-refractivity contribution in [3.8, 4) is 40.0 Å². The van der Waals surface area contributed by atoms with Crippen LogP contribution in [0.2, 0.25) is 10.0 Å². The van der Waals surface area contributed by atoms with Crippen LogP contribution in [0.25, 0.3) is 33.3 Å². The molecule has 5 aromatic rings. The molecule has 6 rings (SSSR count). The first-order chi connectivity index (χ1) is 18.4. The Bertz CT molecular complexity index is 1810. The lowest BCUT2D eigenvalue weighted by Crippen LogP contribution is -2.13. The second kappa shape index (κ2) is 9.66. The van der Waals surface area contributed by atoms with Gasteiger partial charge in [-0.3, -0.25) is 4.79 Å². The number of nitrogens with one attached hydrogen (secondary N) is 1. The number of nitrogens with zero attached hydrogens (tertiary/aromatic N) is 2. The van der Waals surface area contributed by atoms with Gasteiger partial charge in [-0.05, 0) is 49.4 Å². The van der Waals surface area contributed by atoms with Crippen molar-refractivity contribution >= 4 is 56.3 Å². The molecule has 1 amide bonds. The number of fused-ring (bicyclic) bond motifs is 2. The summed E-state index contributed by atoms with van der Waals surface area (Å²) in [6.07, 6.45) is 0. The van der Waals surface area contributed by atoms with Crippen LogP contribution < -0.4 is 14.8 Å². The number of anilines is 1. The number of para-hydroxylation sites is 1. The normalized spacial score (nSPS) is 11.9. The fourth-order valence-corrected chi connectivity index (χ4v) is 6.01. The molecule has 1 aliphatic rings. The Balaban J connectivity index is 1.42. The van der Waals surface area contributed by atoms with E-state index in [0.29, 0.717) is 65.4 Å². The van der Waals surface area contributed by atoms with Gasteiger partial charge in [0, 0.05) is 37.0 Å². The minimum Gasteiger partial charge on any atom is -0.454 e. The molecule has 2 aromatic heterocycles. The van der Waals surface area contributed by atoms with Crippen molar-refractivity contribution in [1.29, 1.82) is 5.26 Å². The lowest BCUT2D eigenvalue weighted by Gasteiger charge is -2.11. The molecule has 9 heteroatoms. The number of benzene rings is 3. The molecule has 1 N–H and O–H groups in total. The van der Waals surface area contributed by atoms with Crippen LogP contribution in [0.4, 0.5) is 5.00 Å². The van der Waals surface area contributed by atoms with Crippen molar-refractivity contribution in [3.05, 3.63) is 92.8 Å². The number of hydrogen-bond donors (Lipinski definition) is 1. The van der Waals surface area contributed by atoms with Crippen molar-refractivity contribution in [2.24, 2.45) is 0 Å². The van der Waals surface area contributed by atoms with E-state index >= 15 is 0 Å². The van der Waals surface area contributed by atoms with E-state index in [1.807, 2.05) is 49.4 Å². The summed E-state index contributed by atoms with van der Waals surface area (Å²) in [5.74, 6) is 0.947. The third-order valence-electron chi connectivity index (χ3n) is 6.25. The number of thiophene rings is 1. The summed E-state index contributed by atoms with van der Waals surface area (Å²) in [4.78, 5) is 19.3. The van der Waals surface area contributed by atoms with Crippen molar-refractivity contribution < 1.29 is 14.3 Å². The zero-order valence-electron chi connectivity index (χ0n) is 19.8. The van der Waals surface area contributed by atoms with Crippen molar-refractivity contribution in [2.45, 2.75) is 6.92 Å². The van der Waals surface area contributed by atoms with Gasteiger partial charge >= 0.3 is 0 Å². The number of aromatic nitrogens is 1. The maximum absolute atomic E-state index is 13.7. The highest BCUT2D eigenvalue weighted by molar-refractivity contribution is 7.17. The molecular weight excluding hydrogens is 541 g/mol. The van der Waals surface area contributed by atoms with Gasteiger partial charge in [0.1, 0.15) is 11.1 Å². The maximum Gasteiger partial charge on any atom is 0.257 e. The summed E-state index contributed by atoms with van der Waals surface area (Å²) >= 11 is 13.8. The largest absolute Gasteiger partial charge is 0.454 e. The molecular formula is C29H17Cl2N3O3S. The Morgan fingerprint density at radius 3 is 2.68 bits per heavy atom. The summed E-state index contributed by atoms with van der Waals surface area (Å²) in [6, 6.07) is 22.1. The second-order valence-corrected chi connectivity index (χ2v) is 10.6. The highest BCUT2D eigenvalue weighted by Gasteiger charge is 2.23. The molecule has 0 unspecified atom stereocenters. The molecule has 38 heavy (non-hydrogen) atoms. The van der Waals surface area contributed by atoms with E-state index in [0.717, 1.165) is 10.4 Å². The van der Waals surface area contributed by atoms with Crippen LogP contribution in [0.3, 0.4) is 0 Å². The van der Waals surface area contributed by atoms with E-state index in [9.17, 15) is 10.1 Å². The van der Waals surface area contributed by atoms with Gasteiger partial charge < -0.3 is 14.8 Å². The number of halogens is 2. The Hall–Kier alpha value is -4.09. The first kappa shape index (κ1) is 24.3. The molecule has 0 fully saturated rings. The molecule has 0 saturated heterocycles. The fraction of sp³-hybridized carbons (Fsp3) is 0.0690. The Morgan fingerprint density at radius 2 is 1.87 bits per heavy atom. The quantitative estimate of drug-likeness (QED) is 0.241. The minimum absolute atomic E-state index is 0.169. The summed E-state index contributed by atoms with van der Waals surface area (Å²) < 4.78 is 10.9. The first-order valence-corrected chi connectivity index (χ1v) is 13.1. The van der Waals surface area contributed by atoms with E-state index in [-0.39, 0.29) is 12.7 Å². The molecule has 0 atom stereocenters. The van der Waals surface area contributed by atoms with Crippen LogP contribution in [-0.4, -0.2) is 17.7 Å². The molecule has 6 nitrogen and oxygen atoms in total. The van der Waals surface area contributed by atoms with E-state index in [2.05, 4.69) is 11.4 Å². The average molecular weight is 558 g/mol. The van der Waals surface area contributed by atoms with Crippen molar-refractivity contribution in [3.63, 3.8) is 0 Å². The maximum atomic E-state index is 13.7. The van der Waals surface area contributed by atoms with Crippen LogP contribution in [0.1, 0.15) is 20.8 Å². The van der Waals surface area contributed by atoms with Crippen molar-refractivity contribution in [2.75, 3.05) is 12.1 Å². The highest BCUT2D eigenvalue weighted by atomic mass is 35.5. The average Bonchev–Trinajstić information content (AvgIpc) is 3.51. The zero-order chi connectivity index (χ0) is 26.4. The summed E-state index contributed by atoms with van der Waals surface area (Å²) in [5, 5.41) is 15.1. The Labute approximate surface area is 232 Å². The van der Waals surface area contributed by atoms with Gasteiger partial charge in [0.2, 0.25) is 6.79 Å². The number of aryl methyl sites for hydroxylation is 1. The topological polar surface area (TPSA) is 84.2 Å². The van der Waals surface area contributed by atoms with Gasteiger partial charge in [0.15, 0.2) is 11.5 Å². The molecule has 3 aromatic carbocycles. The zero-order valence-corrected chi connectivity index (χ0v) is 22.2. The molecule has 0 saturated carbocycles. The predicted molar refractivity (Wildman–Crippen MR) is 150 cm³/mol. The third-order valence-corrected chi connectivity index (χ3v) is 7.82. The number of nitriles is 1. The van der Waals surface area contributed by atoms with E-state index in [1.54, 1.807) is 24.3 Å². The van der Waals surface area contributed by atoms with Crippen LogP contribution in [-0.2, 0) is 0 Å².